The maximum Gasteiger partial charge on any atom is 0.250 e. The maximum absolute atomic E-state index is 11.2. The molecule has 7 heteroatoms. The summed E-state index contributed by atoms with van der Waals surface area (Å²) >= 11 is 0. The summed E-state index contributed by atoms with van der Waals surface area (Å²) in [5.74, 6) is 1.33. The Labute approximate surface area is 162 Å². The summed E-state index contributed by atoms with van der Waals surface area (Å²) in [5.41, 5.74) is 7.76. The number of nitrogens with two attached hydrogens (primary N) is 1. The highest BCUT2D eigenvalue weighted by atomic mass is 16.3. The number of amides is 1. The van der Waals surface area contributed by atoms with E-state index in [4.69, 9.17) is 5.73 Å². The number of primary amides is 1. The maximum atomic E-state index is 11.2. The molecule has 1 saturated heterocycles. The normalized spacial score (nSPS) is 27.1. The number of fused-ring (bicyclic) bond motifs is 2. The molecule has 28 heavy (non-hydrogen) atoms. The summed E-state index contributed by atoms with van der Waals surface area (Å²) in [4.78, 5) is 22.4. The molecule has 1 aliphatic carbocycles. The van der Waals surface area contributed by atoms with E-state index in [-0.39, 0.29) is 12.1 Å². The first kappa shape index (κ1) is 17.2. The number of hydrogen-bond acceptors (Lipinski definition) is 5. The number of benzene rings is 1. The lowest BCUT2D eigenvalue weighted by atomic mass is 9.77. The molecule has 1 aliphatic heterocycles. The van der Waals surface area contributed by atoms with Crippen molar-refractivity contribution >= 4 is 22.8 Å². The Kier molecular flexibility index (Phi) is 4.05. The molecule has 1 amide bonds. The molecule has 7 nitrogen and oxygen atoms in total. The van der Waals surface area contributed by atoms with Crippen molar-refractivity contribution in [2.75, 3.05) is 18.0 Å². The highest BCUT2D eigenvalue weighted by molar-refractivity contribution is 5.92. The van der Waals surface area contributed by atoms with E-state index in [9.17, 15) is 9.90 Å². The third-order valence-corrected chi connectivity index (χ3v) is 6.30. The molecule has 0 bridgehead atoms. The molecule has 5 rings (SSSR count). The number of pyridine rings is 1. The molecule has 4 atom stereocenters. The van der Waals surface area contributed by atoms with E-state index in [1.807, 2.05) is 30.6 Å². The smallest absolute Gasteiger partial charge is 0.250 e. The van der Waals surface area contributed by atoms with Crippen LogP contribution in [0.1, 0.15) is 29.2 Å². The minimum atomic E-state index is -0.465. The van der Waals surface area contributed by atoms with Gasteiger partial charge < -0.3 is 20.3 Å². The lowest BCUT2D eigenvalue weighted by molar-refractivity contribution is 0.0375. The van der Waals surface area contributed by atoms with Gasteiger partial charge in [-0.05, 0) is 48.9 Å². The van der Waals surface area contributed by atoms with Gasteiger partial charge in [0.25, 0.3) is 0 Å². The largest absolute Gasteiger partial charge is 0.391 e. The first-order valence-electron chi connectivity index (χ1n) is 9.70. The molecular formula is C21H23N5O2. The number of rotatable bonds is 3. The summed E-state index contributed by atoms with van der Waals surface area (Å²) in [5, 5.41) is 10.9. The molecule has 3 aromatic rings. The Bertz CT molecular complexity index is 1020. The van der Waals surface area contributed by atoms with Crippen molar-refractivity contribution in [2.24, 2.45) is 17.6 Å². The van der Waals surface area contributed by atoms with Crippen molar-refractivity contribution in [3.8, 4) is 0 Å². The number of aliphatic hydroxyl groups excluding tert-OH is 1. The number of hydrogen-bond donors (Lipinski definition) is 2. The van der Waals surface area contributed by atoms with Gasteiger partial charge in [-0.2, -0.15) is 0 Å². The van der Waals surface area contributed by atoms with Gasteiger partial charge >= 0.3 is 0 Å². The zero-order valence-electron chi connectivity index (χ0n) is 15.5. The van der Waals surface area contributed by atoms with Gasteiger partial charge in [0.05, 0.1) is 35.1 Å². The van der Waals surface area contributed by atoms with Gasteiger partial charge in [-0.3, -0.25) is 4.79 Å². The van der Waals surface area contributed by atoms with E-state index in [0.717, 1.165) is 42.8 Å². The Morgan fingerprint density at radius 1 is 1.07 bits per heavy atom. The third kappa shape index (κ3) is 2.82. The molecule has 1 saturated carbocycles. The van der Waals surface area contributed by atoms with Crippen LogP contribution in [0.4, 0.5) is 5.82 Å². The summed E-state index contributed by atoms with van der Waals surface area (Å²) in [6.45, 7) is 1.78. The number of imidazole rings is 1. The van der Waals surface area contributed by atoms with Crippen LogP contribution >= 0.6 is 0 Å². The number of para-hydroxylation sites is 2. The standard InChI is InChI=1S/C21H23N5O2/c22-21(28)13-5-6-20(23-9-13)25-10-14-7-18(19(27)8-15(14)11-25)26-12-24-16-3-1-2-4-17(16)26/h1-6,9,12,14-15,18-19,27H,7-8,10-11H2,(H2,22,28)/t14-,15+,18-,19-/m1/s1. The number of aromatic nitrogens is 3. The quantitative estimate of drug-likeness (QED) is 0.727. The van der Waals surface area contributed by atoms with Crippen molar-refractivity contribution < 1.29 is 9.90 Å². The van der Waals surface area contributed by atoms with Gasteiger partial charge in [-0.15, -0.1) is 0 Å². The van der Waals surface area contributed by atoms with Crippen LogP contribution in [0.5, 0.6) is 0 Å². The predicted octanol–water partition coefficient (Wildman–Crippen LogP) is 1.98. The Morgan fingerprint density at radius 2 is 1.86 bits per heavy atom. The molecule has 2 fully saturated rings. The Hall–Kier alpha value is -2.93. The van der Waals surface area contributed by atoms with Gasteiger partial charge in [0, 0.05) is 19.3 Å². The minimum Gasteiger partial charge on any atom is -0.391 e. The second-order valence-electron chi connectivity index (χ2n) is 7.94. The Morgan fingerprint density at radius 3 is 2.61 bits per heavy atom. The highest BCUT2D eigenvalue weighted by Crippen LogP contribution is 2.43. The molecular weight excluding hydrogens is 354 g/mol. The molecule has 2 aliphatic rings. The van der Waals surface area contributed by atoms with E-state index in [2.05, 4.69) is 25.5 Å². The summed E-state index contributed by atoms with van der Waals surface area (Å²) < 4.78 is 2.14. The molecule has 144 valence electrons. The monoisotopic (exact) mass is 377 g/mol. The first-order valence-corrected chi connectivity index (χ1v) is 9.70. The first-order chi connectivity index (χ1) is 13.6. The number of aliphatic hydroxyl groups is 1. The number of nitrogens with zero attached hydrogens (tertiary/aromatic N) is 4. The fourth-order valence-corrected chi connectivity index (χ4v) is 4.85. The van der Waals surface area contributed by atoms with Gasteiger partial charge in [-0.1, -0.05) is 12.1 Å². The van der Waals surface area contributed by atoms with Crippen LogP contribution in [-0.4, -0.2) is 44.7 Å². The van der Waals surface area contributed by atoms with Crippen molar-refractivity contribution in [3.05, 3.63) is 54.5 Å². The van der Waals surface area contributed by atoms with Gasteiger partial charge in [0.2, 0.25) is 5.91 Å². The van der Waals surface area contributed by atoms with Crippen LogP contribution < -0.4 is 10.6 Å². The van der Waals surface area contributed by atoms with Crippen molar-refractivity contribution in [2.45, 2.75) is 25.0 Å². The van der Waals surface area contributed by atoms with Crippen molar-refractivity contribution in [1.29, 1.82) is 0 Å². The Balaban J connectivity index is 1.36. The van der Waals surface area contributed by atoms with Crippen molar-refractivity contribution in [3.63, 3.8) is 0 Å². The molecule has 3 heterocycles. The zero-order chi connectivity index (χ0) is 19.3. The van der Waals surface area contributed by atoms with Crippen LogP contribution in [0, 0.1) is 11.8 Å². The second-order valence-corrected chi connectivity index (χ2v) is 7.94. The highest BCUT2D eigenvalue weighted by Gasteiger charge is 2.42. The lowest BCUT2D eigenvalue weighted by Crippen LogP contribution is -2.36. The van der Waals surface area contributed by atoms with Crippen LogP contribution in [-0.2, 0) is 0 Å². The van der Waals surface area contributed by atoms with Gasteiger partial charge in [0.1, 0.15) is 5.82 Å². The second kappa shape index (κ2) is 6.60. The number of carbonyl (C=O) groups excluding carboxylic acids is 1. The molecule has 0 radical (unpaired) electrons. The van der Waals surface area contributed by atoms with Crippen LogP contribution in [0.15, 0.2) is 48.9 Å². The van der Waals surface area contributed by atoms with E-state index >= 15 is 0 Å². The molecule has 0 unspecified atom stereocenters. The fourth-order valence-electron chi connectivity index (χ4n) is 4.85. The zero-order valence-corrected chi connectivity index (χ0v) is 15.5. The summed E-state index contributed by atoms with van der Waals surface area (Å²) in [6, 6.07) is 11.7. The summed E-state index contributed by atoms with van der Waals surface area (Å²) in [7, 11) is 0. The van der Waals surface area contributed by atoms with E-state index in [0.29, 0.717) is 17.4 Å². The topological polar surface area (TPSA) is 97.3 Å². The molecule has 0 spiro atoms. The molecule has 3 N–H and O–H groups in total. The van der Waals surface area contributed by atoms with E-state index < -0.39 is 5.91 Å². The lowest BCUT2D eigenvalue weighted by Gasteiger charge is -2.36. The average molecular weight is 377 g/mol. The SMILES string of the molecule is NC(=O)c1ccc(N2C[C@H]3C[C@@H](n4cnc5ccccc54)[C@H](O)C[C@H]3C2)nc1. The minimum absolute atomic E-state index is 0.0406. The van der Waals surface area contributed by atoms with Crippen LogP contribution in [0.3, 0.4) is 0 Å². The van der Waals surface area contributed by atoms with Gasteiger partial charge in [-0.25, -0.2) is 9.97 Å². The number of anilines is 1. The summed E-state index contributed by atoms with van der Waals surface area (Å²) in [6.07, 6.45) is 4.70. The molecule has 2 aromatic heterocycles. The van der Waals surface area contributed by atoms with E-state index in [1.54, 1.807) is 6.07 Å². The molecule has 1 aromatic carbocycles. The predicted molar refractivity (Wildman–Crippen MR) is 106 cm³/mol. The van der Waals surface area contributed by atoms with Crippen molar-refractivity contribution in [1.82, 2.24) is 14.5 Å². The average Bonchev–Trinajstić information content (AvgIpc) is 3.31. The third-order valence-electron chi connectivity index (χ3n) is 6.30. The van der Waals surface area contributed by atoms with E-state index in [1.165, 1.54) is 6.20 Å². The van der Waals surface area contributed by atoms with Crippen LogP contribution in [0.25, 0.3) is 11.0 Å². The fraction of sp³-hybridized carbons (Fsp3) is 0.381. The van der Waals surface area contributed by atoms with Crippen LogP contribution in [0.2, 0.25) is 0 Å². The van der Waals surface area contributed by atoms with Gasteiger partial charge in [0.15, 0.2) is 0 Å². The number of carbonyl (C=O) groups is 1.